The first kappa shape index (κ1) is 25.0. The Hall–Kier alpha value is -4.13. The quantitative estimate of drug-likeness (QED) is 0.459. The molecule has 3 aromatic carbocycles. The summed E-state index contributed by atoms with van der Waals surface area (Å²) in [6, 6.07) is 24.8. The van der Waals surface area contributed by atoms with Gasteiger partial charge in [-0.15, -0.1) is 0 Å². The standard InChI is InChI=1S/C29H31N3O4/c1-2-21-8-10-23(11-9-21)18-31-29(35)24-16-28(34)32(19-24)25-12-14-26(15-13-25)36-20-27(33)30-17-22-6-4-3-5-7-22/h3-15,24H,2,16-20H2,1H3,(H,30,33)(H,31,35)/t24-/m1/s1. The van der Waals surface area contributed by atoms with Crippen LogP contribution in [0.15, 0.2) is 78.9 Å². The third-order valence-corrected chi connectivity index (χ3v) is 6.24. The van der Waals surface area contributed by atoms with E-state index in [9.17, 15) is 14.4 Å². The molecule has 7 heteroatoms. The molecular weight excluding hydrogens is 454 g/mol. The van der Waals surface area contributed by atoms with Crippen molar-refractivity contribution in [2.24, 2.45) is 5.92 Å². The second kappa shape index (κ2) is 12.0. The molecule has 0 unspecified atom stereocenters. The van der Waals surface area contributed by atoms with Gasteiger partial charge in [-0.25, -0.2) is 0 Å². The summed E-state index contributed by atoms with van der Waals surface area (Å²) in [5, 5.41) is 5.77. The van der Waals surface area contributed by atoms with Gasteiger partial charge in [0.1, 0.15) is 5.75 Å². The normalized spacial score (nSPS) is 15.0. The highest BCUT2D eigenvalue weighted by atomic mass is 16.5. The topological polar surface area (TPSA) is 87.7 Å². The predicted molar refractivity (Wildman–Crippen MR) is 138 cm³/mol. The maximum absolute atomic E-state index is 12.7. The molecule has 0 aliphatic carbocycles. The molecule has 3 aromatic rings. The minimum atomic E-state index is -0.392. The second-order valence-corrected chi connectivity index (χ2v) is 8.84. The maximum atomic E-state index is 12.7. The predicted octanol–water partition coefficient (Wildman–Crippen LogP) is 3.61. The zero-order chi connectivity index (χ0) is 25.3. The van der Waals surface area contributed by atoms with Crippen molar-refractivity contribution in [3.63, 3.8) is 0 Å². The van der Waals surface area contributed by atoms with E-state index in [1.165, 1.54) is 5.56 Å². The number of carbonyl (C=O) groups is 3. The van der Waals surface area contributed by atoms with Crippen LogP contribution in [0.5, 0.6) is 5.75 Å². The molecule has 4 rings (SSSR count). The first-order valence-corrected chi connectivity index (χ1v) is 12.2. The van der Waals surface area contributed by atoms with E-state index in [1.807, 2.05) is 42.5 Å². The fourth-order valence-electron chi connectivity index (χ4n) is 4.08. The molecule has 1 aliphatic heterocycles. The zero-order valence-electron chi connectivity index (χ0n) is 20.4. The number of anilines is 1. The number of hydrogen-bond donors (Lipinski definition) is 2. The Morgan fingerprint density at radius 2 is 1.50 bits per heavy atom. The van der Waals surface area contributed by atoms with E-state index >= 15 is 0 Å². The number of amides is 3. The Morgan fingerprint density at radius 3 is 2.19 bits per heavy atom. The molecule has 186 valence electrons. The Labute approximate surface area is 211 Å². The number of carbonyl (C=O) groups excluding carboxylic acids is 3. The average molecular weight is 486 g/mol. The number of nitrogens with one attached hydrogen (secondary N) is 2. The van der Waals surface area contributed by atoms with Gasteiger partial charge in [-0.3, -0.25) is 14.4 Å². The molecule has 2 N–H and O–H groups in total. The van der Waals surface area contributed by atoms with Gasteiger partial charge in [0.25, 0.3) is 5.91 Å². The summed E-state index contributed by atoms with van der Waals surface area (Å²) in [5.74, 6) is -0.281. The molecule has 0 radical (unpaired) electrons. The number of nitrogens with zero attached hydrogens (tertiary/aromatic N) is 1. The van der Waals surface area contributed by atoms with Gasteiger partial charge in [0, 0.05) is 31.7 Å². The lowest BCUT2D eigenvalue weighted by Crippen LogP contribution is -2.32. The number of aryl methyl sites for hydroxylation is 1. The molecule has 0 saturated carbocycles. The highest BCUT2D eigenvalue weighted by Crippen LogP contribution is 2.27. The monoisotopic (exact) mass is 485 g/mol. The molecular formula is C29H31N3O4. The lowest BCUT2D eigenvalue weighted by molar-refractivity contribution is -0.126. The van der Waals surface area contributed by atoms with Crippen molar-refractivity contribution in [2.45, 2.75) is 32.9 Å². The molecule has 1 aliphatic rings. The van der Waals surface area contributed by atoms with Crippen LogP contribution in [0.3, 0.4) is 0 Å². The Kier molecular flexibility index (Phi) is 8.34. The highest BCUT2D eigenvalue weighted by molar-refractivity contribution is 6.00. The number of benzene rings is 3. The van der Waals surface area contributed by atoms with Crippen LogP contribution in [-0.2, 0) is 33.9 Å². The fourth-order valence-corrected chi connectivity index (χ4v) is 4.08. The van der Waals surface area contributed by atoms with Crippen molar-refractivity contribution >= 4 is 23.4 Å². The van der Waals surface area contributed by atoms with Crippen LogP contribution in [0, 0.1) is 5.92 Å². The fraction of sp³-hybridized carbons (Fsp3) is 0.276. The maximum Gasteiger partial charge on any atom is 0.258 e. The van der Waals surface area contributed by atoms with Gasteiger partial charge >= 0.3 is 0 Å². The zero-order valence-corrected chi connectivity index (χ0v) is 20.4. The van der Waals surface area contributed by atoms with Crippen molar-refractivity contribution in [3.8, 4) is 5.75 Å². The minimum Gasteiger partial charge on any atom is -0.484 e. The van der Waals surface area contributed by atoms with Crippen molar-refractivity contribution in [3.05, 3.63) is 95.6 Å². The van der Waals surface area contributed by atoms with Crippen molar-refractivity contribution < 1.29 is 19.1 Å². The molecule has 1 fully saturated rings. The van der Waals surface area contributed by atoms with Crippen LogP contribution in [0.1, 0.15) is 30.0 Å². The van der Waals surface area contributed by atoms with E-state index in [2.05, 4.69) is 29.7 Å². The van der Waals surface area contributed by atoms with Crippen LogP contribution in [-0.4, -0.2) is 30.9 Å². The molecule has 0 bridgehead atoms. The largest absolute Gasteiger partial charge is 0.484 e. The molecule has 1 atom stereocenters. The molecule has 0 spiro atoms. The van der Waals surface area contributed by atoms with E-state index < -0.39 is 5.92 Å². The molecule has 3 amide bonds. The van der Waals surface area contributed by atoms with Crippen LogP contribution >= 0.6 is 0 Å². The lowest BCUT2D eigenvalue weighted by atomic mass is 10.1. The Morgan fingerprint density at radius 1 is 0.861 bits per heavy atom. The summed E-state index contributed by atoms with van der Waals surface area (Å²) in [4.78, 5) is 38.9. The number of rotatable bonds is 10. The van der Waals surface area contributed by atoms with Gasteiger partial charge in [0.15, 0.2) is 6.61 Å². The molecule has 36 heavy (non-hydrogen) atoms. The van der Waals surface area contributed by atoms with Gasteiger partial charge < -0.3 is 20.3 Å². The average Bonchev–Trinajstić information content (AvgIpc) is 3.32. The van der Waals surface area contributed by atoms with Gasteiger partial charge in [-0.05, 0) is 47.4 Å². The first-order chi connectivity index (χ1) is 17.5. The third-order valence-electron chi connectivity index (χ3n) is 6.24. The van der Waals surface area contributed by atoms with Crippen molar-refractivity contribution in [1.82, 2.24) is 10.6 Å². The van der Waals surface area contributed by atoms with Gasteiger partial charge in [0.05, 0.1) is 5.92 Å². The summed E-state index contributed by atoms with van der Waals surface area (Å²) < 4.78 is 5.57. The Balaban J connectivity index is 1.23. The van der Waals surface area contributed by atoms with Crippen LogP contribution in [0.4, 0.5) is 5.69 Å². The summed E-state index contributed by atoms with van der Waals surface area (Å²) >= 11 is 0. The molecule has 1 saturated heterocycles. The minimum absolute atomic E-state index is 0.0867. The van der Waals surface area contributed by atoms with E-state index in [-0.39, 0.29) is 30.7 Å². The summed E-state index contributed by atoms with van der Waals surface area (Å²) in [6.45, 7) is 3.23. The summed E-state index contributed by atoms with van der Waals surface area (Å²) in [7, 11) is 0. The van der Waals surface area contributed by atoms with Crippen LogP contribution in [0.25, 0.3) is 0 Å². The highest BCUT2D eigenvalue weighted by Gasteiger charge is 2.35. The van der Waals surface area contributed by atoms with Crippen molar-refractivity contribution in [2.75, 3.05) is 18.1 Å². The number of ether oxygens (including phenoxy) is 1. The molecule has 7 nitrogen and oxygen atoms in total. The summed E-state index contributed by atoms with van der Waals surface area (Å²) in [6.07, 6.45) is 1.16. The van der Waals surface area contributed by atoms with E-state index in [0.717, 1.165) is 17.5 Å². The lowest BCUT2D eigenvalue weighted by Gasteiger charge is -2.17. The van der Waals surface area contributed by atoms with Gasteiger partial charge in [0.2, 0.25) is 11.8 Å². The van der Waals surface area contributed by atoms with Crippen LogP contribution < -0.4 is 20.3 Å². The first-order valence-electron chi connectivity index (χ1n) is 12.2. The van der Waals surface area contributed by atoms with Gasteiger partial charge in [-0.1, -0.05) is 61.5 Å². The smallest absolute Gasteiger partial charge is 0.258 e. The second-order valence-electron chi connectivity index (χ2n) is 8.84. The Bertz CT molecular complexity index is 1180. The third kappa shape index (κ3) is 6.72. The van der Waals surface area contributed by atoms with Crippen LogP contribution in [0.2, 0.25) is 0 Å². The SMILES string of the molecule is CCc1ccc(CNC(=O)[C@@H]2CC(=O)N(c3ccc(OCC(=O)NCc4ccccc4)cc3)C2)cc1. The van der Waals surface area contributed by atoms with Crippen molar-refractivity contribution in [1.29, 1.82) is 0 Å². The van der Waals surface area contributed by atoms with E-state index in [4.69, 9.17) is 4.74 Å². The van der Waals surface area contributed by atoms with E-state index in [1.54, 1.807) is 29.2 Å². The molecule has 0 aromatic heterocycles. The van der Waals surface area contributed by atoms with E-state index in [0.29, 0.717) is 31.1 Å². The molecule has 1 heterocycles. The summed E-state index contributed by atoms with van der Waals surface area (Å²) in [5.41, 5.74) is 4.00. The number of hydrogen-bond acceptors (Lipinski definition) is 4. The van der Waals surface area contributed by atoms with Gasteiger partial charge in [-0.2, -0.15) is 0 Å².